The molecule has 1 aromatic carbocycles. The number of fused-ring (bicyclic) bond motifs is 5. The Morgan fingerprint density at radius 2 is 1.78 bits per heavy atom. The lowest BCUT2D eigenvalue weighted by atomic mass is 9.46. The lowest BCUT2D eigenvalue weighted by Gasteiger charge is -2.58. The number of amides is 1. The molecular formula is C32H44N2O2. The van der Waals surface area contributed by atoms with Crippen LogP contribution in [0.5, 0.6) is 0 Å². The maximum absolute atomic E-state index is 12.7. The van der Waals surface area contributed by atoms with Gasteiger partial charge in [-0.2, -0.15) is 5.10 Å². The summed E-state index contributed by atoms with van der Waals surface area (Å²) >= 11 is 0. The van der Waals surface area contributed by atoms with E-state index in [4.69, 9.17) is 0 Å². The summed E-state index contributed by atoms with van der Waals surface area (Å²) in [5, 5.41) is 4.55. The Morgan fingerprint density at radius 1 is 1.00 bits per heavy atom. The Kier molecular flexibility index (Phi) is 7.00. The van der Waals surface area contributed by atoms with E-state index < -0.39 is 0 Å². The van der Waals surface area contributed by atoms with E-state index in [9.17, 15) is 9.59 Å². The standard InChI is InChI=1S/C32H44N2O2/c1-5-6-7-22-8-10-23(11-9-22)30(36)34-33-25-16-18-31(3)24(20-25)12-13-26-28-15-14-27(21(2)35)32(28,4)19-17-29(26)31/h8-11,20,26-29H,5-7,12-19H2,1-4H3,(H,34,36)/b33-25+/t26-,27+,28?,29?,31-,32+/m0/s1. The molecule has 5 rings (SSSR count). The molecule has 0 aliphatic heterocycles. The third kappa shape index (κ3) is 4.39. The summed E-state index contributed by atoms with van der Waals surface area (Å²) in [4.78, 5) is 25.1. The summed E-state index contributed by atoms with van der Waals surface area (Å²) in [6.45, 7) is 8.93. The molecule has 4 nitrogen and oxygen atoms in total. The molecule has 0 spiro atoms. The van der Waals surface area contributed by atoms with Gasteiger partial charge in [0.1, 0.15) is 5.78 Å². The second kappa shape index (κ2) is 9.91. The molecule has 3 fully saturated rings. The van der Waals surface area contributed by atoms with Crippen molar-refractivity contribution >= 4 is 17.4 Å². The number of rotatable bonds is 6. The number of carbonyl (C=O) groups excluding carboxylic acids is 2. The van der Waals surface area contributed by atoms with Crippen LogP contribution in [0.1, 0.15) is 108 Å². The SMILES string of the molecule is CCCCc1ccc(C(=O)N/N=C2/C=C3CC[C@@H]4C(CC[C@@]5(C)C4CC[C@@H]5C(C)=O)[C@@]3(C)CC2)cc1. The second-order valence-electron chi connectivity index (χ2n) is 12.6. The number of ketones is 1. The normalized spacial score (nSPS) is 36.4. The van der Waals surface area contributed by atoms with Crippen LogP contribution in [0.15, 0.2) is 41.0 Å². The summed E-state index contributed by atoms with van der Waals surface area (Å²) in [5.74, 6) is 2.71. The van der Waals surface area contributed by atoms with Crippen molar-refractivity contribution in [3.63, 3.8) is 0 Å². The highest BCUT2D eigenvalue weighted by atomic mass is 16.2. The molecule has 0 radical (unpaired) electrons. The Bertz CT molecular complexity index is 1070. The molecule has 0 aromatic heterocycles. The molecule has 0 heterocycles. The zero-order valence-corrected chi connectivity index (χ0v) is 22.7. The fourth-order valence-electron chi connectivity index (χ4n) is 8.72. The first-order chi connectivity index (χ1) is 17.3. The number of nitrogens with zero attached hydrogens (tertiary/aromatic N) is 1. The van der Waals surface area contributed by atoms with Crippen LogP contribution in [-0.2, 0) is 11.2 Å². The average molecular weight is 489 g/mol. The number of hydrazone groups is 1. The first kappa shape index (κ1) is 25.4. The molecular weight excluding hydrogens is 444 g/mol. The summed E-state index contributed by atoms with van der Waals surface area (Å²) in [6, 6.07) is 7.94. The molecule has 6 atom stereocenters. The number of aryl methyl sites for hydroxylation is 1. The van der Waals surface area contributed by atoms with Crippen LogP contribution >= 0.6 is 0 Å². The zero-order valence-electron chi connectivity index (χ0n) is 22.7. The number of Topliss-reactive ketones (excluding diaryl/α,β-unsaturated/α-hetero) is 1. The van der Waals surface area contributed by atoms with Crippen LogP contribution in [0.2, 0.25) is 0 Å². The van der Waals surface area contributed by atoms with E-state index in [0.717, 1.165) is 43.7 Å². The Labute approximate surface area is 217 Å². The van der Waals surface area contributed by atoms with Crippen molar-refractivity contribution in [2.45, 2.75) is 98.3 Å². The van der Waals surface area contributed by atoms with E-state index in [-0.39, 0.29) is 22.7 Å². The number of allylic oxidation sites excluding steroid dienone is 2. The number of hydrogen-bond acceptors (Lipinski definition) is 3. The second-order valence-corrected chi connectivity index (χ2v) is 12.6. The number of benzene rings is 1. The van der Waals surface area contributed by atoms with Crippen LogP contribution in [-0.4, -0.2) is 17.4 Å². The average Bonchev–Trinajstić information content (AvgIpc) is 3.24. The summed E-state index contributed by atoms with van der Waals surface area (Å²) in [7, 11) is 0. The monoisotopic (exact) mass is 488 g/mol. The first-order valence-corrected chi connectivity index (χ1v) is 14.4. The summed E-state index contributed by atoms with van der Waals surface area (Å²) in [6.07, 6.45) is 14.9. The van der Waals surface area contributed by atoms with Gasteiger partial charge in [-0.05, 0) is 123 Å². The van der Waals surface area contributed by atoms with Gasteiger partial charge < -0.3 is 0 Å². The molecule has 1 amide bonds. The van der Waals surface area contributed by atoms with Crippen molar-refractivity contribution in [3.8, 4) is 0 Å². The Balaban J connectivity index is 1.26. The fourth-order valence-corrected chi connectivity index (χ4v) is 8.72. The van der Waals surface area contributed by atoms with Gasteiger partial charge in [-0.25, -0.2) is 5.43 Å². The zero-order chi connectivity index (χ0) is 25.5. The fraction of sp³-hybridized carbons (Fsp3) is 0.656. The van der Waals surface area contributed by atoms with Crippen molar-refractivity contribution in [3.05, 3.63) is 47.0 Å². The highest BCUT2D eigenvalue weighted by molar-refractivity contribution is 5.99. The van der Waals surface area contributed by atoms with Gasteiger partial charge in [-0.3, -0.25) is 9.59 Å². The van der Waals surface area contributed by atoms with E-state index in [1.807, 2.05) is 19.1 Å². The van der Waals surface area contributed by atoms with Gasteiger partial charge in [-0.1, -0.05) is 44.9 Å². The minimum Gasteiger partial charge on any atom is -0.300 e. The van der Waals surface area contributed by atoms with Gasteiger partial charge >= 0.3 is 0 Å². The van der Waals surface area contributed by atoms with E-state index in [1.165, 1.54) is 49.7 Å². The molecule has 4 aliphatic rings. The highest BCUT2D eigenvalue weighted by Gasteiger charge is 2.59. The number of unbranched alkanes of at least 4 members (excludes halogenated alkanes) is 1. The lowest BCUT2D eigenvalue weighted by molar-refractivity contribution is -0.127. The van der Waals surface area contributed by atoms with Crippen molar-refractivity contribution in [2.24, 2.45) is 39.6 Å². The molecule has 4 heteroatoms. The van der Waals surface area contributed by atoms with Crippen LogP contribution < -0.4 is 5.43 Å². The third-order valence-corrected chi connectivity index (χ3v) is 10.8. The predicted octanol–water partition coefficient (Wildman–Crippen LogP) is 7.28. The van der Waals surface area contributed by atoms with Crippen molar-refractivity contribution in [1.82, 2.24) is 5.43 Å². The van der Waals surface area contributed by atoms with Crippen LogP contribution in [0, 0.1) is 34.5 Å². The van der Waals surface area contributed by atoms with E-state index >= 15 is 0 Å². The molecule has 0 bridgehead atoms. The number of hydrogen-bond donors (Lipinski definition) is 1. The van der Waals surface area contributed by atoms with E-state index in [1.54, 1.807) is 0 Å². The smallest absolute Gasteiger partial charge is 0.271 e. The van der Waals surface area contributed by atoms with E-state index in [0.29, 0.717) is 23.2 Å². The summed E-state index contributed by atoms with van der Waals surface area (Å²) < 4.78 is 0. The van der Waals surface area contributed by atoms with Gasteiger partial charge in [-0.15, -0.1) is 0 Å². The minimum atomic E-state index is -0.132. The molecule has 2 unspecified atom stereocenters. The van der Waals surface area contributed by atoms with Gasteiger partial charge in [0, 0.05) is 11.5 Å². The minimum absolute atomic E-state index is 0.132. The molecule has 36 heavy (non-hydrogen) atoms. The molecule has 1 N–H and O–H groups in total. The van der Waals surface area contributed by atoms with Crippen molar-refractivity contribution in [1.29, 1.82) is 0 Å². The Morgan fingerprint density at radius 3 is 2.50 bits per heavy atom. The third-order valence-electron chi connectivity index (χ3n) is 10.8. The Hall–Kier alpha value is -2.23. The molecule has 194 valence electrons. The van der Waals surface area contributed by atoms with Gasteiger partial charge in [0.2, 0.25) is 0 Å². The van der Waals surface area contributed by atoms with E-state index in [2.05, 4.69) is 49.5 Å². The van der Waals surface area contributed by atoms with Gasteiger partial charge in [0.25, 0.3) is 5.91 Å². The molecule has 0 saturated heterocycles. The van der Waals surface area contributed by atoms with Crippen LogP contribution in [0.25, 0.3) is 0 Å². The lowest BCUT2D eigenvalue weighted by Crippen LogP contribution is -2.51. The summed E-state index contributed by atoms with van der Waals surface area (Å²) in [5.41, 5.74) is 7.75. The topological polar surface area (TPSA) is 58.5 Å². The molecule has 1 aromatic rings. The molecule has 3 saturated carbocycles. The number of carbonyl (C=O) groups is 2. The highest BCUT2D eigenvalue weighted by Crippen LogP contribution is 2.66. The first-order valence-electron chi connectivity index (χ1n) is 14.4. The number of nitrogens with one attached hydrogen (secondary N) is 1. The van der Waals surface area contributed by atoms with Gasteiger partial charge in [0.15, 0.2) is 0 Å². The quantitative estimate of drug-likeness (QED) is 0.428. The van der Waals surface area contributed by atoms with Crippen LogP contribution in [0.3, 0.4) is 0 Å². The largest absolute Gasteiger partial charge is 0.300 e. The van der Waals surface area contributed by atoms with Crippen LogP contribution in [0.4, 0.5) is 0 Å². The van der Waals surface area contributed by atoms with Crippen molar-refractivity contribution in [2.75, 3.05) is 0 Å². The molecule has 4 aliphatic carbocycles. The van der Waals surface area contributed by atoms with Crippen molar-refractivity contribution < 1.29 is 9.59 Å². The maximum atomic E-state index is 12.7. The predicted molar refractivity (Wildman–Crippen MR) is 146 cm³/mol. The van der Waals surface area contributed by atoms with Gasteiger partial charge in [0.05, 0.1) is 5.71 Å². The maximum Gasteiger partial charge on any atom is 0.271 e.